The van der Waals surface area contributed by atoms with Crippen LogP contribution in [0.4, 0.5) is 0 Å². The summed E-state index contributed by atoms with van der Waals surface area (Å²) in [5, 5.41) is 2.25. The number of hydrogen-bond donors (Lipinski definition) is 0. The minimum atomic E-state index is -0.850. The van der Waals surface area contributed by atoms with Crippen molar-refractivity contribution in [2.75, 3.05) is 19.8 Å². The summed E-state index contributed by atoms with van der Waals surface area (Å²) in [5.41, 5.74) is 0.234. The van der Waals surface area contributed by atoms with Crippen LogP contribution in [0, 0.1) is 0 Å². The second-order valence-corrected chi connectivity index (χ2v) is 5.56. The molecule has 1 aliphatic rings. The lowest BCUT2D eigenvalue weighted by Crippen LogP contribution is -2.37. The van der Waals surface area contributed by atoms with E-state index in [4.69, 9.17) is 9.47 Å². The number of thiazole rings is 1. The van der Waals surface area contributed by atoms with E-state index in [1.165, 1.54) is 16.2 Å². The number of nitrogens with zero attached hydrogens (tertiary/aromatic N) is 2. The summed E-state index contributed by atoms with van der Waals surface area (Å²) in [4.78, 5) is 41.1. The number of carbonyl (C=O) groups excluding carboxylic acids is 3. The van der Waals surface area contributed by atoms with Gasteiger partial charge < -0.3 is 14.4 Å². The maximum absolute atomic E-state index is 12.1. The van der Waals surface area contributed by atoms with E-state index in [1.807, 2.05) is 0 Å². The summed E-state index contributed by atoms with van der Waals surface area (Å²) in [6.45, 7) is 4.30. The fraction of sp³-hybridized carbons (Fsp3) is 0.571. The number of ether oxygens (including phenoxy) is 2. The van der Waals surface area contributed by atoms with Crippen LogP contribution in [0.5, 0.6) is 0 Å². The highest BCUT2D eigenvalue weighted by molar-refractivity contribution is 7.09. The van der Waals surface area contributed by atoms with Gasteiger partial charge in [0.05, 0.1) is 19.3 Å². The van der Waals surface area contributed by atoms with Crippen LogP contribution in [0.25, 0.3) is 0 Å². The number of carbonyl (C=O) groups is 3. The molecule has 7 nitrogen and oxygen atoms in total. The van der Waals surface area contributed by atoms with E-state index in [0.717, 1.165) is 6.42 Å². The average molecular weight is 326 g/mol. The number of amides is 1. The van der Waals surface area contributed by atoms with E-state index in [1.54, 1.807) is 19.2 Å². The van der Waals surface area contributed by atoms with Gasteiger partial charge in [-0.25, -0.2) is 14.6 Å². The first-order chi connectivity index (χ1) is 10.6. The molecule has 0 saturated carbocycles. The van der Waals surface area contributed by atoms with Crippen molar-refractivity contribution in [3.05, 3.63) is 16.1 Å². The molecular weight excluding hydrogens is 308 g/mol. The number of likely N-dealkylation sites (tertiary alicyclic amines) is 1. The monoisotopic (exact) mass is 326 g/mol. The Morgan fingerprint density at radius 3 is 2.73 bits per heavy atom. The number of rotatable bonds is 4. The minimum Gasteiger partial charge on any atom is -0.461 e. The number of hydrogen-bond acceptors (Lipinski definition) is 7. The van der Waals surface area contributed by atoms with E-state index >= 15 is 0 Å². The van der Waals surface area contributed by atoms with Crippen LogP contribution < -0.4 is 0 Å². The predicted octanol–water partition coefficient (Wildman–Crippen LogP) is 1.55. The lowest BCUT2D eigenvalue weighted by Gasteiger charge is -2.21. The van der Waals surface area contributed by atoms with Crippen molar-refractivity contribution >= 4 is 29.2 Å². The normalized spacial score (nSPS) is 17.4. The first kappa shape index (κ1) is 16.4. The molecule has 0 spiro atoms. The van der Waals surface area contributed by atoms with Gasteiger partial charge in [-0.1, -0.05) is 0 Å². The van der Waals surface area contributed by atoms with Crippen LogP contribution in [0.15, 0.2) is 5.38 Å². The summed E-state index contributed by atoms with van der Waals surface area (Å²) in [6, 6.07) is -0.287. The van der Waals surface area contributed by atoms with E-state index in [2.05, 4.69) is 4.98 Å². The standard InChI is InChI=1S/C14H18N2O5S/c1-3-20-13(18)9-8-22-11(15-9)10-6-5-7-16(10)12(17)14(19)21-4-2/h8,10H,3-7H2,1-2H3. The fourth-order valence-electron chi connectivity index (χ4n) is 2.32. The molecule has 1 aromatic heterocycles. The van der Waals surface area contributed by atoms with Crippen LogP contribution in [0.2, 0.25) is 0 Å². The van der Waals surface area contributed by atoms with Crippen LogP contribution in [-0.2, 0) is 19.1 Å². The second kappa shape index (κ2) is 7.35. The molecule has 1 aliphatic heterocycles. The van der Waals surface area contributed by atoms with Gasteiger partial charge in [-0.05, 0) is 26.7 Å². The average Bonchev–Trinajstić information content (AvgIpc) is 3.15. The molecule has 1 atom stereocenters. The molecule has 1 amide bonds. The van der Waals surface area contributed by atoms with Crippen molar-refractivity contribution in [2.45, 2.75) is 32.7 Å². The molecule has 1 unspecified atom stereocenters. The van der Waals surface area contributed by atoms with Crippen LogP contribution in [0.3, 0.4) is 0 Å². The largest absolute Gasteiger partial charge is 0.461 e. The smallest absolute Gasteiger partial charge is 0.397 e. The summed E-state index contributed by atoms with van der Waals surface area (Å²) in [6.07, 6.45) is 1.49. The summed E-state index contributed by atoms with van der Waals surface area (Å²) in [5.74, 6) is -1.99. The molecule has 1 aromatic rings. The lowest BCUT2D eigenvalue weighted by atomic mass is 10.2. The van der Waals surface area contributed by atoms with Gasteiger partial charge in [0.1, 0.15) is 5.01 Å². The Morgan fingerprint density at radius 1 is 1.32 bits per heavy atom. The minimum absolute atomic E-state index is 0.160. The Balaban J connectivity index is 2.12. The quantitative estimate of drug-likeness (QED) is 0.616. The molecule has 22 heavy (non-hydrogen) atoms. The molecule has 2 rings (SSSR count). The van der Waals surface area contributed by atoms with Crippen molar-refractivity contribution in [3.8, 4) is 0 Å². The third-order valence-corrected chi connectivity index (χ3v) is 4.20. The fourth-order valence-corrected chi connectivity index (χ4v) is 3.25. The summed E-state index contributed by atoms with van der Waals surface area (Å²) >= 11 is 1.29. The Bertz CT molecular complexity index is 571. The molecule has 0 aliphatic carbocycles. The zero-order valence-electron chi connectivity index (χ0n) is 12.5. The topological polar surface area (TPSA) is 85.8 Å². The van der Waals surface area contributed by atoms with Crippen LogP contribution >= 0.6 is 11.3 Å². The number of aromatic nitrogens is 1. The lowest BCUT2D eigenvalue weighted by molar-refractivity contribution is -0.160. The van der Waals surface area contributed by atoms with Gasteiger partial charge in [0.2, 0.25) is 0 Å². The Labute approximate surface area is 132 Å². The van der Waals surface area contributed by atoms with E-state index in [0.29, 0.717) is 18.0 Å². The van der Waals surface area contributed by atoms with Gasteiger partial charge in [0, 0.05) is 11.9 Å². The molecule has 0 N–H and O–H groups in total. The Morgan fingerprint density at radius 2 is 2.05 bits per heavy atom. The molecular formula is C14H18N2O5S. The number of esters is 2. The van der Waals surface area contributed by atoms with Crippen molar-refractivity contribution in [2.24, 2.45) is 0 Å². The molecule has 1 saturated heterocycles. The van der Waals surface area contributed by atoms with E-state index in [-0.39, 0.29) is 24.9 Å². The SMILES string of the molecule is CCOC(=O)C(=O)N1CCCC1c1nc(C(=O)OCC)cs1. The predicted molar refractivity (Wildman–Crippen MR) is 78.4 cm³/mol. The Kier molecular flexibility index (Phi) is 5.48. The molecule has 0 bridgehead atoms. The van der Waals surface area contributed by atoms with Gasteiger partial charge in [0.25, 0.3) is 0 Å². The maximum Gasteiger partial charge on any atom is 0.397 e. The van der Waals surface area contributed by atoms with Gasteiger partial charge in [-0.3, -0.25) is 4.79 Å². The highest BCUT2D eigenvalue weighted by atomic mass is 32.1. The van der Waals surface area contributed by atoms with Crippen molar-refractivity contribution in [1.29, 1.82) is 0 Å². The summed E-state index contributed by atoms with van der Waals surface area (Å²) < 4.78 is 9.65. The highest BCUT2D eigenvalue weighted by Gasteiger charge is 2.36. The molecule has 120 valence electrons. The molecule has 0 aromatic carbocycles. The molecule has 0 radical (unpaired) electrons. The molecule has 8 heteroatoms. The third kappa shape index (κ3) is 3.44. The Hall–Kier alpha value is -1.96. The summed E-state index contributed by atoms with van der Waals surface area (Å²) in [7, 11) is 0. The maximum atomic E-state index is 12.1. The van der Waals surface area contributed by atoms with Crippen LogP contribution in [0.1, 0.15) is 48.2 Å². The van der Waals surface area contributed by atoms with Crippen molar-refractivity contribution in [3.63, 3.8) is 0 Å². The van der Waals surface area contributed by atoms with Crippen LogP contribution in [-0.4, -0.2) is 47.5 Å². The van der Waals surface area contributed by atoms with E-state index < -0.39 is 17.8 Å². The van der Waals surface area contributed by atoms with Crippen molar-refractivity contribution in [1.82, 2.24) is 9.88 Å². The second-order valence-electron chi connectivity index (χ2n) is 4.67. The van der Waals surface area contributed by atoms with Gasteiger partial charge in [0.15, 0.2) is 5.69 Å². The molecule has 2 heterocycles. The van der Waals surface area contributed by atoms with E-state index in [9.17, 15) is 14.4 Å². The van der Waals surface area contributed by atoms with Gasteiger partial charge in [-0.2, -0.15) is 0 Å². The molecule has 1 fully saturated rings. The first-order valence-electron chi connectivity index (χ1n) is 7.18. The zero-order chi connectivity index (χ0) is 16.1. The van der Waals surface area contributed by atoms with Gasteiger partial charge >= 0.3 is 17.8 Å². The zero-order valence-corrected chi connectivity index (χ0v) is 13.4. The van der Waals surface area contributed by atoms with Crippen molar-refractivity contribution < 1.29 is 23.9 Å². The highest BCUT2D eigenvalue weighted by Crippen LogP contribution is 2.34. The first-order valence-corrected chi connectivity index (χ1v) is 8.06. The van der Waals surface area contributed by atoms with Gasteiger partial charge in [-0.15, -0.1) is 11.3 Å². The third-order valence-electron chi connectivity index (χ3n) is 3.26.